The molecule has 0 aliphatic heterocycles. The van der Waals surface area contributed by atoms with Crippen LogP contribution in [-0.4, -0.2) is 21.3 Å². The minimum atomic E-state index is -0.0740. The first-order valence-electron chi connectivity index (χ1n) is 5.63. The SMILES string of the molecule is Cc1cc(=O)[nH]c(SC2CCCC(N)C2)n1. The molecule has 2 atom stereocenters. The summed E-state index contributed by atoms with van der Waals surface area (Å²) in [5.74, 6) is 0. The van der Waals surface area contributed by atoms with Crippen LogP contribution in [0.3, 0.4) is 0 Å². The van der Waals surface area contributed by atoms with E-state index in [1.807, 2.05) is 6.92 Å². The van der Waals surface area contributed by atoms with Crippen molar-refractivity contribution in [1.82, 2.24) is 9.97 Å². The Balaban J connectivity index is 2.05. The summed E-state index contributed by atoms with van der Waals surface area (Å²) in [5, 5.41) is 1.22. The fourth-order valence-electron chi connectivity index (χ4n) is 2.05. The number of hydrogen-bond acceptors (Lipinski definition) is 4. The van der Waals surface area contributed by atoms with Gasteiger partial charge in [-0.15, -0.1) is 0 Å². The van der Waals surface area contributed by atoms with Crippen molar-refractivity contribution in [2.24, 2.45) is 5.73 Å². The summed E-state index contributed by atoms with van der Waals surface area (Å²) in [5.41, 5.74) is 6.63. The number of thioether (sulfide) groups is 1. The van der Waals surface area contributed by atoms with Crippen LogP contribution >= 0.6 is 11.8 Å². The molecule has 1 heterocycles. The van der Waals surface area contributed by atoms with Gasteiger partial charge in [0.25, 0.3) is 5.56 Å². The number of nitrogens with zero attached hydrogens (tertiary/aromatic N) is 1. The van der Waals surface area contributed by atoms with Gasteiger partial charge in [0.2, 0.25) is 0 Å². The van der Waals surface area contributed by atoms with Gasteiger partial charge < -0.3 is 10.7 Å². The quantitative estimate of drug-likeness (QED) is 0.766. The molecule has 0 saturated heterocycles. The predicted molar refractivity (Wildman–Crippen MR) is 65.7 cm³/mol. The van der Waals surface area contributed by atoms with E-state index in [0.29, 0.717) is 11.3 Å². The van der Waals surface area contributed by atoms with Crippen LogP contribution in [0.5, 0.6) is 0 Å². The lowest BCUT2D eigenvalue weighted by Gasteiger charge is -2.25. The van der Waals surface area contributed by atoms with Crippen molar-refractivity contribution in [2.75, 3.05) is 0 Å². The van der Waals surface area contributed by atoms with Crippen LogP contribution in [0.2, 0.25) is 0 Å². The van der Waals surface area contributed by atoms with Crippen LogP contribution in [0, 0.1) is 6.92 Å². The predicted octanol–water partition coefficient (Wildman–Crippen LogP) is 1.44. The van der Waals surface area contributed by atoms with Gasteiger partial charge in [-0.1, -0.05) is 18.2 Å². The van der Waals surface area contributed by atoms with Crippen molar-refractivity contribution in [3.05, 3.63) is 22.1 Å². The van der Waals surface area contributed by atoms with Crippen LogP contribution in [0.25, 0.3) is 0 Å². The third kappa shape index (κ3) is 3.09. The number of aromatic amines is 1. The molecule has 1 aliphatic rings. The first kappa shape index (κ1) is 11.7. The zero-order valence-electron chi connectivity index (χ0n) is 9.40. The van der Waals surface area contributed by atoms with Crippen LogP contribution in [-0.2, 0) is 0 Å². The van der Waals surface area contributed by atoms with Crippen molar-refractivity contribution in [3.63, 3.8) is 0 Å². The highest BCUT2D eigenvalue weighted by atomic mass is 32.2. The highest BCUT2D eigenvalue weighted by Gasteiger charge is 2.20. The van der Waals surface area contributed by atoms with Crippen molar-refractivity contribution in [1.29, 1.82) is 0 Å². The zero-order chi connectivity index (χ0) is 11.5. The van der Waals surface area contributed by atoms with Crippen LogP contribution in [0.1, 0.15) is 31.4 Å². The van der Waals surface area contributed by atoms with Crippen molar-refractivity contribution >= 4 is 11.8 Å². The Morgan fingerprint density at radius 2 is 2.38 bits per heavy atom. The second-order valence-electron chi connectivity index (χ2n) is 4.36. The van der Waals surface area contributed by atoms with Crippen LogP contribution in [0.15, 0.2) is 16.0 Å². The topological polar surface area (TPSA) is 71.8 Å². The second-order valence-corrected chi connectivity index (χ2v) is 5.65. The smallest absolute Gasteiger partial charge is 0.251 e. The highest BCUT2D eigenvalue weighted by Crippen LogP contribution is 2.30. The van der Waals surface area contributed by atoms with Crippen molar-refractivity contribution in [2.45, 2.75) is 49.1 Å². The summed E-state index contributed by atoms with van der Waals surface area (Å²) in [6, 6.07) is 1.82. The lowest BCUT2D eigenvalue weighted by atomic mass is 9.96. The van der Waals surface area contributed by atoms with E-state index < -0.39 is 0 Å². The molecule has 2 rings (SSSR count). The zero-order valence-corrected chi connectivity index (χ0v) is 10.2. The molecule has 1 saturated carbocycles. The largest absolute Gasteiger partial charge is 0.328 e. The Kier molecular flexibility index (Phi) is 3.66. The van der Waals surface area contributed by atoms with Crippen molar-refractivity contribution < 1.29 is 0 Å². The summed E-state index contributed by atoms with van der Waals surface area (Å²) in [7, 11) is 0. The van der Waals surface area contributed by atoms with E-state index >= 15 is 0 Å². The molecule has 3 N–H and O–H groups in total. The monoisotopic (exact) mass is 239 g/mol. The molecule has 0 radical (unpaired) electrons. The summed E-state index contributed by atoms with van der Waals surface area (Å²) in [6.07, 6.45) is 4.47. The molecular formula is C11H17N3OS. The fraction of sp³-hybridized carbons (Fsp3) is 0.636. The Morgan fingerprint density at radius 3 is 3.06 bits per heavy atom. The van der Waals surface area contributed by atoms with Gasteiger partial charge in [0, 0.05) is 23.1 Å². The molecular weight excluding hydrogens is 222 g/mol. The molecule has 0 spiro atoms. The van der Waals surface area contributed by atoms with Crippen molar-refractivity contribution in [3.8, 4) is 0 Å². The van der Waals surface area contributed by atoms with E-state index in [2.05, 4.69) is 9.97 Å². The van der Waals surface area contributed by atoms with E-state index in [0.717, 1.165) is 30.1 Å². The average molecular weight is 239 g/mol. The highest BCUT2D eigenvalue weighted by molar-refractivity contribution is 7.99. The molecule has 1 aliphatic carbocycles. The van der Waals surface area contributed by atoms with E-state index in [-0.39, 0.29) is 5.56 Å². The van der Waals surface area contributed by atoms with Gasteiger partial charge in [-0.3, -0.25) is 4.79 Å². The number of H-pyrrole nitrogens is 1. The van der Waals surface area contributed by atoms with Gasteiger partial charge >= 0.3 is 0 Å². The molecule has 1 aromatic heterocycles. The molecule has 88 valence electrons. The number of nitrogens with one attached hydrogen (secondary N) is 1. The number of rotatable bonds is 2. The molecule has 5 heteroatoms. The normalized spacial score (nSPS) is 25.6. The molecule has 4 nitrogen and oxygen atoms in total. The number of nitrogens with two attached hydrogens (primary N) is 1. The molecule has 0 amide bonds. The first-order chi connectivity index (χ1) is 7.63. The molecule has 16 heavy (non-hydrogen) atoms. The van der Waals surface area contributed by atoms with Gasteiger partial charge in [0.15, 0.2) is 5.16 Å². The minimum absolute atomic E-state index is 0.0740. The van der Waals surface area contributed by atoms with Crippen LogP contribution in [0.4, 0.5) is 0 Å². The summed E-state index contributed by atoms with van der Waals surface area (Å²) in [4.78, 5) is 18.4. The van der Waals surface area contributed by atoms with Gasteiger partial charge in [0.1, 0.15) is 0 Å². The van der Waals surface area contributed by atoms with Gasteiger partial charge in [-0.25, -0.2) is 4.98 Å². The second kappa shape index (κ2) is 5.01. The van der Waals surface area contributed by atoms with Gasteiger partial charge in [0.05, 0.1) is 0 Å². The first-order valence-corrected chi connectivity index (χ1v) is 6.51. The number of aryl methyl sites for hydroxylation is 1. The van der Waals surface area contributed by atoms with E-state index in [1.54, 1.807) is 11.8 Å². The van der Waals surface area contributed by atoms with Crippen LogP contribution < -0.4 is 11.3 Å². The molecule has 2 unspecified atom stereocenters. The summed E-state index contributed by atoms with van der Waals surface area (Å²) >= 11 is 1.65. The molecule has 1 aromatic rings. The lowest BCUT2D eigenvalue weighted by molar-refractivity contribution is 0.451. The molecule has 1 fully saturated rings. The van der Waals surface area contributed by atoms with Gasteiger partial charge in [-0.05, 0) is 26.2 Å². The third-order valence-electron chi connectivity index (χ3n) is 2.79. The molecule has 0 bridgehead atoms. The number of hydrogen-bond donors (Lipinski definition) is 2. The third-order valence-corrected chi connectivity index (χ3v) is 3.97. The molecule has 0 aromatic carbocycles. The lowest BCUT2D eigenvalue weighted by Crippen LogP contribution is -2.29. The fourth-order valence-corrected chi connectivity index (χ4v) is 3.35. The Hall–Kier alpha value is -0.810. The Labute approximate surface area is 99.0 Å². The van der Waals surface area contributed by atoms with E-state index in [1.165, 1.54) is 12.5 Å². The van der Waals surface area contributed by atoms with E-state index in [9.17, 15) is 4.79 Å². The minimum Gasteiger partial charge on any atom is -0.328 e. The summed E-state index contributed by atoms with van der Waals surface area (Å²) in [6.45, 7) is 1.84. The summed E-state index contributed by atoms with van der Waals surface area (Å²) < 4.78 is 0. The van der Waals surface area contributed by atoms with Gasteiger partial charge in [-0.2, -0.15) is 0 Å². The maximum Gasteiger partial charge on any atom is 0.251 e. The van der Waals surface area contributed by atoms with E-state index in [4.69, 9.17) is 5.73 Å². The average Bonchev–Trinajstić information content (AvgIpc) is 2.15. The maximum atomic E-state index is 11.3. The Morgan fingerprint density at radius 1 is 1.56 bits per heavy atom. The standard InChI is InChI=1S/C11H17N3OS/c1-7-5-10(15)14-11(13-7)16-9-4-2-3-8(12)6-9/h5,8-9H,2-4,6,12H2,1H3,(H,13,14,15). The maximum absolute atomic E-state index is 11.3. The Bertz CT molecular complexity index is 418. The number of aromatic nitrogens is 2.